The Hall–Kier alpha value is -0.250. The molecular weight excluding hydrogens is 420 g/mol. The second kappa shape index (κ2) is 5.87. The molecule has 8 heteroatoms. The maximum Gasteiger partial charge on any atom is 0.201 e. The van der Waals surface area contributed by atoms with Crippen LogP contribution in [0.2, 0.25) is 0 Å². The fourth-order valence-electron chi connectivity index (χ4n) is 5.46. The highest BCUT2D eigenvalue weighted by atomic mass is 79.9. The van der Waals surface area contributed by atoms with E-state index in [0.29, 0.717) is 11.8 Å². The quantitative estimate of drug-likeness (QED) is 0.542. The molecule has 144 valence electrons. The molecule has 0 aromatic carbocycles. The van der Waals surface area contributed by atoms with Crippen molar-refractivity contribution in [2.45, 2.75) is 74.7 Å². The van der Waals surface area contributed by atoms with E-state index in [1.807, 2.05) is 12.3 Å². The first-order chi connectivity index (χ1) is 12.4. The Labute approximate surface area is 166 Å². The van der Waals surface area contributed by atoms with Crippen LogP contribution in [0.25, 0.3) is 0 Å². The molecule has 5 aliphatic rings. The zero-order valence-corrected chi connectivity index (χ0v) is 17.6. The highest BCUT2D eigenvalue weighted by Gasteiger charge is 2.72. The van der Waals surface area contributed by atoms with Gasteiger partial charge in [-0.25, -0.2) is 14.8 Å². The van der Waals surface area contributed by atoms with Gasteiger partial charge in [0.1, 0.15) is 6.23 Å². The van der Waals surface area contributed by atoms with Gasteiger partial charge in [-0.15, -0.1) is 11.3 Å². The first-order valence-corrected chi connectivity index (χ1v) is 11.1. The standard InChI is InChI=1S/C18H25BrN2O4S/c1-10-4-5-12-17(3,19)13(21-15-20-8-9-26-15)22-14-18(12)11(10)6-7-16(2,23-14)24-25-18/h8-14H,4-7H2,1-3H3,(H,20,21)/t10-,11+,12+,13?,14-,16-,17+,18-/m1/s1. The van der Waals surface area contributed by atoms with Crippen LogP contribution in [0.3, 0.4) is 0 Å². The molecule has 0 amide bonds. The Morgan fingerprint density at radius 2 is 2.12 bits per heavy atom. The summed E-state index contributed by atoms with van der Waals surface area (Å²) in [5.74, 6) is 0.364. The van der Waals surface area contributed by atoms with Crippen LogP contribution >= 0.6 is 27.3 Å². The van der Waals surface area contributed by atoms with Gasteiger partial charge in [-0.05, 0) is 44.9 Å². The van der Waals surface area contributed by atoms with Crippen molar-refractivity contribution < 1.29 is 19.2 Å². The molecule has 5 heterocycles. The van der Waals surface area contributed by atoms with Gasteiger partial charge in [-0.2, -0.15) is 0 Å². The van der Waals surface area contributed by atoms with Crippen LogP contribution < -0.4 is 5.32 Å². The van der Waals surface area contributed by atoms with Crippen molar-refractivity contribution in [3.05, 3.63) is 11.6 Å². The van der Waals surface area contributed by atoms with Gasteiger partial charge in [-0.1, -0.05) is 22.9 Å². The number of halogens is 1. The first-order valence-electron chi connectivity index (χ1n) is 9.40. The van der Waals surface area contributed by atoms with Gasteiger partial charge >= 0.3 is 0 Å². The Balaban J connectivity index is 1.56. The van der Waals surface area contributed by atoms with Crippen LogP contribution in [-0.2, 0) is 19.2 Å². The van der Waals surface area contributed by atoms with Gasteiger partial charge in [0.25, 0.3) is 0 Å². The van der Waals surface area contributed by atoms with E-state index in [4.69, 9.17) is 19.2 Å². The Morgan fingerprint density at radius 1 is 1.27 bits per heavy atom. The van der Waals surface area contributed by atoms with E-state index < -0.39 is 17.7 Å². The van der Waals surface area contributed by atoms with Crippen molar-refractivity contribution in [3.63, 3.8) is 0 Å². The number of aromatic nitrogens is 1. The molecule has 1 N–H and O–H groups in total. The summed E-state index contributed by atoms with van der Waals surface area (Å²) in [7, 11) is 0. The minimum absolute atomic E-state index is 0.204. The number of anilines is 1. The van der Waals surface area contributed by atoms with E-state index in [-0.39, 0.29) is 16.5 Å². The SMILES string of the molecule is C[C@@H]1CC[C@@H]2[C@]34OO[C@](C)(CC[C@@H]13)O[C@H]4OC(Nc1nccs1)[C@@]2(C)Br. The molecule has 2 bridgehead atoms. The minimum Gasteiger partial charge on any atom is -0.335 e. The van der Waals surface area contributed by atoms with Crippen molar-refractivity contribution >= 4 is 32.4 Å². The average Bonchev–Trinajstić information content (AvgIpc) is 2.99. The number of hydrogen-bond donors (Lipinski definition) is 1. The highest BCUT2D eigenvalue weighted by Crippen LogP contribution is 2.63. The van der Waals surface area contributed by atoms with Gasteiger partial charge in [0.15, 0.2) is 17.0 Å². The lowest BCUT2D eigenvalue weighted by Gasteiger charge is -2.62. The maximum atomic E-state index is 6.52. The molecule has 26 heavy (non-hydrogen) atoms. The third-order valence-electron chi connectivity index (χ3n) is 6.86. The highest BCUT2D eigenvalue weighted by molar-refractivity contribution is 9.10. The molecule has 1 unspecified atom stereocenters. The van der Waals surface area contributed by atoms with E-state index >= 15 is 0 Å². The van der Waals surface area contributed by atoms with Crippen LogP contribution in [0.4, 0.5) is 5.13 Å². The Bertz CT molecular complexity index is 689. The lowest BCUT2D eigenvalue weighted by Crippen LogP contribution is -2.74. The summed E-state index contributed by atoms with van der Waals surface area (Å²) in [5, 5.41) is 6.25. The molecule has 1 aliphatic carbocycles. The summed E-state index contributed by atoms with van der Waals surface area (Å²) in [6, 6.07) is 0. The third-order valence-corrected chi connectivity index (χ3v) is 8.53. The van der Waals surface area contributed by atoms with Crippen molar-refractivity contribution in [2.75, 3.05) is 5.32 Å². The summed E-state index contributed by atoms with van der Waals surface area (Å²) in [4.78, 5) is 16.4. The zero-order chi connectivity index (χ0) is 18.2. The number of rotatable bonds is 2. The van der Waals surface area contributed by atoms with Crippen LogP contribution in [-0.4, -0.2) is 33.2 Å². The van der Waals surface area contributed by atoms with Gasteiger partial charge < -0.3 is 14.8 Å². The summed E-state index contributed by atoms with van der Waals surface area (Å²) in [6.07, 6.45) is 5.14. The number of nitrogens with one attached hydrogen (secondary N) is 1. The fourth-order valence-corrected chi connectivity index (χ4v) is 6.82. The Morgan fingerprint density at radius 3 is 2.88 bits per heavy atom. The molecule has 1 spiro atoms. The second-order valence-corrected chi connectivity index (χ2v) is 11.1. The number of nitrogens with zero attached hydrogens (tertiary/aromatic N) is 1. The lowest BCUT2D eigenvalue weighted by molar-refractivity contribution is -0.568. The third kappa shape index (κ3) is 2.39. The van der Waals surface area contributed by atoms with E-state index in [2.05, 4.69) is 40.1 Å². The topological polar surface area (TPSA) is 61.8 Å². The molecule has 1 aromatic rings. The monoisotopic (exact) mass is 444 g/mol. The van der Waals surface area contributed by atoms with Crippen molar-refractivity contribution in [3.8, 4) is 0 Å². The molecule has 1 aromatic heterocycles. The van der Waals surface area contributed by atoms with Gasteiger partial charge in [0.05, 0.1) is 4.32 Å². The molecule has 4 saturated heterocycles. The normalized spacial score (nSPS) is 53.0. The summed E-state index contributed by atoms with van der Waals surface area (Å²) in [5.41, 5.74) is -0.576. The van der Waals surface area contributed by atoms with E-state index in [1.165, 1.54) is 6.42 Å². The number of thiazole rings is 1. The Kier molecular flexibility index (Phi) is 4.03. The zero-order valence-electron chi connectivity index (χ0n) is 15.2. The molecule has 4 aliphatic heterocycles. The molecular formula is C18H25BrN2O4S. The molecule has 5 fully saturated rings. The van der Waals surface area contributed by atoms with Crippen LogP contribution in [0.15, 0.2) is 11.6 Å². The minimum atomic E-state index is -0.747. The molecule has 6 nitrogen and oxygen atoms in total. The molecule has 8 atom stereocenters. The first kappa shape index (κ1) is 17.8. The predicted molar refractivity (Wildman–Crippen MR) is 101 cm³/mol. The fraction of sp³-hybridized carbons (Fsp3) is 0.833. The van der Waals surface area contributed by atoms with E-state index in [0.717, 1.165) is 24.4 Å². The summed E-state index contributed by atoms with van der Waals surface area (Å²) in [6.45, 7) is 6.46. The largest absolute Gasteiger partial charge is 0.335 e. The van der Waals surface area contributed by atoms with Crippen LogP contribution in [0.1, 0.15) is 46.5 Å². The van der Waals surface area contributed by atoms with E-state index in [1.54, 1.807) is 17.5 Å². The van der Waals surface area contributed by atoms with Gasteiger partial charge in [0, 0.05) is 23.9 Å². The number of hydrogen-bond acceptors (Lipinski definition) is 7. The molecule has 6 rings (SSSR count). The summed E-state index contributed by atoms with van der Waals surface area (Å²) >= 11 is 5.57. The predicted octanol–water partition coefficient (Wildman–Crippen LogP) is 4.28. The number of fused-ring (bicyclic) bond motifs is 2. The lowest BCUT2D eigenvalue weighted by atomic mass is 9.58. The van der Waals surface area contributed by atoms with Crippen molar-refractivity contribution in [1.29, 1.82) is 0 Å². The van der Waals surface area contributed by atoms with Crippen LogP contribution in [0, 0.1) is 17.8 Å². The molecule has 1 saturated carbocycles. The molecule has 0 radical (unpaired) electrons. The number of alkyl halides is 1. The van der Waals surface area contributed by atoms with Crippen LogP contribution in [0.5, 0.6) is 0 Å². The summed E-state index contributed by atoms with van der Waals surface area (Å²) < 4.78 is 12.6. The van der Waals surface area contributed by atoms with Gasteiger partial charge in [0.2, 0.25) is 5.79 Å². The second-order valence-electron chi connectivity index (χ2n) is 8.51. The van der Waals surface area contributed by atoms with Crippen molar-refractivity contribution in [2.24, 2.45) is 17.8 Å². The van der Waals surface area contributed by atoms with Gasteiger partial charge in [-0.3, -0.25) is 0 Å². The van der Waals surface area contributed by atoms with E-state index in [9.17, 15) is 0 Å². The number of ether oxygens (including phenoxy) is 2. The van der Waals surface area contributed by atoms with Crippen molar-refractivity contribution in [1.82, 2.24) is 4.98 Å². The average molecular weight is 445 g/mol. The maximum absolute atomic E-state index is 6.52. The smallest absolute Gasteiger partial charge is 0.201 e.